The Hall–Kier alpha value is -2.56. The number of nitrogens with one attached hydrogen (secondary N) is 2. The first-order valence-corrected chi connectivity index (χ1v) is 24.6. The van der Waals surface area contributed by atoms with Crippen molar-refractivity contribution in [3.63, 3.8) is 0 Å². The summed E-state index contributed by atoms with van der Waals surface area (Å²) in [4.78, 5) is 25.8. The van der Waals surface area contributed by atoms with E-state index in [0.717, 1.165) is 85.9 Å². The fourth-order valence-corrected chi connectivity index (χ4v) is 8.26. The number of carbonyl (C=O) groups is 2. The fraction of sp³-hybridized carbons (Fsp3) is 0.714. The molecule has 0 unspecified atom stereocenters. The predicted octanol–water partition coefficient (Wildman–Crippen LogP) is 8.26. The van der Waals surface area contributed by atoms with Gasteiger partial charge < -0.3 is 45.6 Å². The standard InChI is InChI=1S/C49H77BrF2N2O9/c1-2-3-4-5-6-7-8-9-10-14-17-20-23-41(55)45(58)40(54-43(56)24-21-18-15-12-11-13-16-19-22-35-27-30-38(51)39(52)31-35)34-62-49-48(61)47(60)46(59)42(63-49)33-53-44(57)32-36-25-28-37(50)29-26-36/h25-31,40-42,45-49,55,58-61H,2-24,32-34H2,1H3,(H,53,57)(H,54,56)/t40-,41+,42+,45-,46-,47-,48+,49-/m0/s1. The van der Waals surface area contributed by atoms with Crippen molar-refractivity contribution in [1.82, 2.24) is 10.6 Å². The zero-order chi connectivity index (χ0) is 45.8. The molecule has 0 radical (unpaired) electrons. The Kier molecular flexibility index (Phi) is 28.0. The number of aliphatic hydroxyl groups excluding tert-OH is 5. The third-order valence-electron chi connectivity index (χ3n) is 12.0. The number of ether oxygens (including phenoxy) is 2. The van der Waals surface area contributed by atoms with Crippen LogP contribution in [0.4, 0.5) is 8.78 Å². The molecule has 63 heavy (non-hydrogen) atoms. The van der Waals surface area contributed by atoms with Crippen LogP contribution >= 0.6 is 15.9 Å². The summed E-state index contributed by atoms with van der Waals surface area (Å²) >= 11 is 3.37. The van der Waals surface area contributed by atoms with E-state index in [4.69, 9.17) is 9.47 Å². The van der Waals surface area contributed by atoms with E-state index >= 15 is 0 Å². The maximum Gasteiger partial charge on any atom is 0.224 e. The number of halogens is 3. The average Bonchev–Trinajstić information content (AvgIpc) is 3.27. The van der Waals surface area contributed by atoms with Gasteiger partial charge in [0.05, 0.1) is 25.2 Å². The molecule has 7 N–H and O–H groups in total. The van der Waals surface area contributed by atoms with Gasteiger partial charge in [-0.3, -0.25) is 9.59 Å². The van der Waals surface area contributed by atoms with Crippen LogP contribution in [0.3, 0.4) is 0 Å². The van der Waals surface area contributed by atoms with E-state index in [0.29, 0.717) is 25.7 Å². The highest BCUT2D eigenvalue weighted by molar-refractivity contribution is 9.10. The van der Waals surface area contributed by atoms with Gasteiger partial charge >= 0.3 is 0 Å². The van der Waals surface area contributed by atoms with E-state index in [-0.39, 0.29) is 37.8 Å². The molecular weight excluding hydrogens is 878 g/mol. The second-order valence-corrected chi connectivity index (χ2v) is 18.4. The SMILES string of the molecule is CCCCCCCCCCCCCC[C@@H](O)[C@@H](O)[C@H](CO[C@H]1O[C@H](CNC(=O)Cc2ccc(Br)cc2)[C@H](O)[C@H](O)[C@H]1O)NC(=O)CCCCCCCCCCc1ccc(F)c(F)c1. The van der Waals surface area contributed by atoms with Crippen molar-refractivity contribution in [2.24, 2.45) is 0 Å². The van der Waals surface area contributed by atoms with Crippen LogP contribution < -0.4 is 10.6 Å². The minimum atomic E-state index is -1.67. The van der Waals surface area contributed by atoms with Crippen molar-refractivity contribution in [2.45, 2.75) is 210 Å². The Morgan fingerprint density at radius 1 is 0.698 bits per heavy atom. The number of hydrogen-bond donors (Lipinski definition) is 7. The van der Waals surface area contributed by atoms with Gasteiger partial charge in [0.2, 0.25) is 11.8 Å². The van der Waals surface area contributed by atoms with Gasteiger partial charge in [-0.15, -0.1) is 0 Å². The summed E-state index contributed by atoms with van der Waals surface area (Å²) in [5, 5.41) is 60.0. The molecule has 1 fully saturated rings. The van der Waals surface area contributed by atoms with Crippen LogP contribution in [0, 0.1) is 11.6 Å². The lowest BCUT2D eigenvalue weighted by atomic mass is 9.98. The van der Waals surface area contributed by atoms with Gasteiger partial charge in [-0.1, -0.05) is 157 Å². The number of rotatable bonds is 34. The van der Waals surface area contributed by atoms with Crippen LogP contribution in [0.5, 0.6) is 0 Å². The lowest BCUT2D eigenvalue weighted by molar-refractivity contribution is -0.297. The summed E-state index contributed by atoms with van der Waals surface area (Å²) in [6.45, 7) is 1.68. The van der Waals surface area contributed by atoms with E-state index in [2.05, 4.69) is 33.5 Å². The average molecular weight is 956 g/mol. The molecule has 8 atom stereocenters. The summed E-state index contributed by atoms with van der Waals surface area (Å²) in [7, 11) is 0. The number of hydrogen-bond acceptors (Lipinski definition) is 9. The molecule has 3 rings (SSSR count). The summed E-state index contributed by atoms with van der Waals surface area (Å²) in [5.74, 6) is -2.32. The predicted molar refractivity (Wildman–Crippen MR) is 245 cm³/mol. The molecule has 0 saturated carbocycles. The van der Waals surface area contributed by atoms with Crippen molar-refractivity contribution in [2.75, 3.05) is 13.2 Å². The van der Waals surface area contributed by atoms with Gasteiger partial charge in [0, 0.05) is 17.4 Å². The second kappa shape index (κ2) is 32.2. The lowest BCUT2D eigenvalue weighted by Crippen LogP contribution is -2.61. The Morgan fingerprint density at radius 3 is 1.86 bits per heavy atom. The maximum atomic E-state index is 13.4. The molecule has 2 aromatic carbocycles. The van der Waals surface area contributed by atoms with Crippen LogP contribution in [0.25, 0.3) is 0 Å². The number of carbonyl (C=O) groups excluding carboxylic acids is 2. The Morgan fingerprint density at radius 2 is 1.25 bits per heavy atom. The van der Waals surface area contributed by atoms with E-state index in [1.165, 1.54) is 57.4 Å². The van der Waals surface area contributed by atoms with Crippen molar-refractivity contribution in [1.29, 1.82) is 0 Å². The summed E-state index contributed by atoms with van der Waals surface area (Å²) in [6, 6.07) is 10.2. The van der Waals surface area contributed by atoms with E-state index in [1.807, 2.05) is 12.1 Å². The molecule has 11 nitrogen and oxygen atoms in total. The first-order chi connectivity index (χ1) is 30.4. The van der Waals surface area contributed by atoms with Gasteiger partial charge in [0.25, 0.3) is 0 Å². The first kappa shape index (κ1) is 54.8. The Bertz CT molecular complexity index is 1540. The van der Waals surface area contributed by atoms with Crippen molar-refractivity contribution < 1.29 is 53.4 Å². The summed E-state index contributed by atoms with van der Waals surface area (Å²) in [6.07, 6.45) is 12.6. The molecule has 1 heterocycles. The van der Waals surface area contributed by atoms with Gasteiger partial charge in [0.1, 0.15) is 30.5 Å². The van der Waals surface area contributed by atoms with Crippen LogP contribution in [-0.2, 0) is 31.9 Å². The van der Waals surface area contributed by atoms with Crippen LogP contribution in [0.1, 0.15) is 159 Å². The van der Waals surface area contributed by atoms with E-state index < -0.39 is 60.6 Å². The van der Waals surface area contributed by atoms with Crippen molar-refractivity contribution >= 4 is 27.7 Å². The molecule has 1 aliphatic rings. The zero-order valence-electron chi connectivity index (χ0n) is 37.5. The highest BCUT2D eigenvalue weighted by Gasteiger charge is 2.45. The van der Waals surface area contributed by atoms with Crippen molar-refractivity contribution in [3.8, 4) is 0 Å². The van der Waals surface area contributed by atoms with Crippen molar-refractivity contribution in [3.05, 3.63) is 69.7 Å². The molecular formula is C49H77BrF2N2O9. The minimum Gasteiger partial charge on any atom is -0.390 e. The van der Waals surface area contributed by atoms with Gasteiger partial charge in [0.15, 0.2) is 17.9 Å². The highest BCUT2D eigenvalue weighted by atomic mass is 79.9. The minimum absolute atomic E-state index is 0.0774. The molecule has 0 spiro atoms. The number of aliphatic hydroxyl groups is 5. The third-order valence-corrected chi connectivity index (χ3v) is 12.5. The second-order valence-electron chi connectivity index (χ2n) is 17.4. The number of aryl methyl sites for hydroxylation is 1. The molecule has 14 heteroatoms. The fourth-order valence-electron chi connectivity index (χ4n) is 7.99. The molecule has 0 aromatic heterocycles. The number of benzene rings is 2. The van der Waals surface area contributed by atoms with Gasteiger partial charge in [-0.25, -0.2) is 8.78 Å². The normalized spacial score (nSPS) is 20.3. The zero-order valence-corrected chi connectivity index (χ0v) is 39.1. The third kappa shape index (κ3) is 22.5. The summed E-state index contributed by atoms with van der Waals surface area (Å²) < 4.78 is 39.2. The van der Waals surface area contributed by atoms with Gasteiger partial charge in [-0.05, 0) is 61.1 Å². The number of amides is 2. The monoisotopic (exact) mass is 954 g/mol. The highest BCUT2D eigenvalue weighted by Crippen LogP contribution is 2.24. The lowest BCUT2D eigenvalue weighted by Gasteiger charge is -2.41. The maximum absolute atomic E-state index is 13.4. The number of unbranched alkanes of at least 4 members (excludes halogenated alkanes) is 18. The first-order valence-electron chi connectivity index (χ1n) is 23.8. The van der Waals surface area contributed by atoms with E-state index in [9.17, 15) is 43.9 Å². The topological polar surface area (TPSA) is 178 Å². The molecule has 1 aliphatic heterocycles. The summed E-state index contributed by atoms with van der Waals surface area (Å²) in [5.41, 5.74) is 1.56. The molecule has 0 bridgehead atoms. The molecule has 2 amide bonds. The van der Waals surface area contributed by atoms with Crippen LogP contribution in [-0.4, -0.2) is 99.5 Å². The van der Waals surface area contributed by atoms with Crippen LogP contribution in [0.2, 0.25) is 0 Å². The van der Waals surface area contributed by atoms with E-state index in [1.54, 1.807) is 18.2 Å². The molecule has 2 aromatic rings. The molecule has 358 valence electrons. The van der Waals surface area contributed by atoms with Crippen LogP contribution in [0.15, 0.2) is 46.9 Å². The Labute approximate surface area is 383 Å². The quantitative estimate of drug-likeness (QED) is 0.0341. The van der Waals surface area contributed by atoms with Gasteiger partial charge in [-0.2, -0.15) is 0 Å². The smallest absolute Gasteiger partial charge is 0.224 e. The molecule has 1 saturated heterocycles. The largest absolute Gasteiger partial charge is 0.390 e. The Balaban J connectivity index is 1.45. The molecule has 0 aliphatic carbocycles.